The Balaban J connectivity index is 1.75. The Morgan fingerprint density at radius 2 is 2.17 bits per heavy atom. The van der Waals surface area contributed by atoms with Crippen molar-refractivity contribution in [2.75, 3.05) is 32.7 Å². The first-order valence-electron chi connectivity index (χ1n) is 6.27. The van der Waals surface area contributed by atoms with Gasteiger partial charge in [-0.3, -0.25) is 0 Å². The zero-order valence-corrected chi connectivity index (χ0v) is 11.0. The Morgan fingerprint density at radius 3 is 3.00 bits per heavy atom. The summed E-state index contributed by atoms with van der Waals surface area (Å²) in [6.07, 6.45) is 0.941. The second kappa shape index (κ2) is 5.22. The molecule has 5 heteroatoms. The van der Waals surface area contributed by atoms with E-state index in [0.29, 0.717) is 0 Å². The van der Waals surface area contributed by atoms with E-state index in [1.807, 2.05) is 12.1 Å². The Labute approximate surface area is 109 Å². The van der Waals surface area contributed by atoms with E-state index in [2.05, 4.69) is 16.3 Å². The van der Waals surface area contributed by atoms with Crippen LogP contribution >= 0.6 is 11.3 Å². The molecule has 1 saturated heterocycles. The van der Waals surface area contributed by atoms with Crippen molar-refractivity contribution in [3.8, 4) is 0 Å². The highest BCUT2D eigenvalue weighted by atomic mass is 32.1. The van der Waals surface area contributed by atoms with Crippen LogP contribution in [0.1, 0.15) is 5.56 Å². The highest BCUT2D eigenvalue weighted by Crippen LogP contribution is 2.21. The van der Waals surface area contributed by atoms with Crippen LogP contribution < -0.4 is 10.3 Å². The maximum Gasteiger partial charge on any atom is 0.396 e. The molecule has 0 aliphatic carbocycles. The van der Waals surface area contributed by atoms with Gasteiger partial charge in [0.2, 0.25) is 0 Å². The molecule has 2 heterocycles. The lowest BCUT2D eigenvalue weighted by Crippen LogP contribution is -2.44. The third kappa shape index (κ3) is 2.48. The van der Waals surface area contributed by atoms with E-state index in [1.54, 1.807) is 0 Å². The topological polar surface area (TPSA) is 45.5 Å². The quantitative estimate of drug-likeness (QED) is 0.907. The minimum Gasteiger partial charge on any atom is -0.414 e. The summed E-state index contributed by atoms with van der Waals surface area (Å²) in [6, 6.07) is 6.00. The molecule has 1 aliphatic heterocycles. The molecule has 0 amide bonds. The number of nitrogens with zero attached hydrogens (tertiary/aromatic N) is 1. The lowest BCUT2D eigenvalue weighted by molar-refractivity contribution is 0.244. The van der Waals surface area contributed by atoms with Gasteiger partial charge in [-0.05, 0) is 18.1 Å². The van der Waals surface area contributed by atoms with Gasteiger partial charge < -0.3 is 14.6 Å². The molecular formula is C13H16N2O2S. The van der Waals surface area contributed by atoms with Crippen molar-refractivity contribution < 1.29 is 4.42 Å². The molecule has 1 N–H and O–H groups in total. The van der Waals surface area contributed by atoms with E-state index in [-0.39, 0.29) is 4.94 Å². The molecule has 1 fully saturated rings. The molecule has 0 bridgehead atoms. The van der Waals surface area contributed by atoms with Crippen molar-refractivity contribution in [3.05, 3.63) is 33.5 Å². The summed E-state index contributed by atoms with van der Waals surface area (Å²) in [5, 5.41) is 3.35. The molecule has 0 spiro atoms. The van der Waals surface area contributed by atoms with Gasteiger partial charge in [-0.25, -0.2) is 4.79 Å². The van der Waals surface area contributed by atoms with Crippen LogP contribution in [-0.2, 0) is 6.42 Å². The van der Waals surface area contributed by atoms with Crippen LogP contribution in [0.3, 0.4) is 0 Å². The third-order valence-corrected chi connectivity index (χ3v) is 4.14. The van der Waals surface area contributed by atoms with Gasteiger partial charge in [0.05, 0.1) is 4.70 Å². The van der Waals surface area contributed by atoms with Crippen molar-refractivity contribution in [1.29, 1.82) is 0 Å². The third-order valence-electron chi connectivity index (χ3n) is 3.35. The van der Waals surface area contributed by atoms with Gasteiger partial charge in [-0.15, -0.1) is 0 Å². The first-order valence-corrected chi connectivity index (χ1v) is 7.09. The molecule has 0 atom stereocenters. The number of fused-ring (bicyclic) bond motifs is 1. The summed E-state index contributed by atoms with van der Waals surface area (Å²) >= 11 is 1.18. The van der Waals surface area contributed by atoms with Crippen LogP contribution in [0.25, 0.3) is 10.3 Å². The van der Waals surface area contributed by atoms with Crippen molar-refractivity contribution in [1.82, 2.24) is 10.2 Å². The second-order valence-electron chi connectivity index (χ2n) is 4.54. The summed E-state index contributed by atoms with van der Waals surface area (Å²) in [7, 11) is 0. The Bertz CT molecular complexity index is 584. The predicted molar refractivity (Wildman–Crippen MR) is 73.4 cm³/mol. The average Bonchev–Trinajstić information content (AvgIpc) is 2.78. The highest BCUT2D eigenvalue weighted by molar-refractivity contribution is 7.16. The van der Waals surface area contributed by atoms with E-state index in [1.165, 1.54) is 11.3 Å². The zero-order valence-electron chi connectivity index (χ0n) is 10.1. The van der Waals surface area contributed by atoms with E-state index >= 15 is 0 Å². The summed E-state index contributed by atoms with van der Waals surface area (Å²) in [5.74, 6) is 0. The van der Waals surface area contributed by atoms with Crippen molar-refractivity contribution in [2.24, 2.45) is 0 Å². The fraction of sp³-hybridized carbons (Fsp3) is 0.462. The molecule has 0 unspecified atom stereocenters. The van der Waals surface area contributed by atoms with Gasteiger partial charge in [0.15, 0.2) is 5.58 Å². The first kappa shape index (κ1) is 11.9. The Hall–Kier alpha value is -1.17. The summed E-state index contributed by atoms with van der Waals surface area (Å²) < 4.78 is 6.23. The fourth-order valence-electron chi connectivity index (χ4n) is 2.36. The van der Waals surface area contributed by atoms with Gasteiger partial charge in [0.25, 0.3) is 0 Å². The van der Waals surface area contributed by atoms with Crippen LogP contribution in [0.4, 0.5) is 0 Å². The first-order chi connectivity index (χ1) is 8.83. The van der Waals surface area contributed by atoms with E-state index < -0.39 is 0 Å². The highest BCUT2D eigenvalue weighted by Gasteiger charge is 2.11. The second-order valence-corrected chi connectivity index (χ2v) is 5.52. The Morgan fingerprint density at radius 1 is 1.33 bits per heavy atom. The number of piperazine rings is 1. The van der Waals surface area contributed by atoms with Crippen LogP contribution in [0.15, 0.2) is 27.4 Å². The largest absolute Gasteiger partial charge is 0.414 e. The predicted octanol–water partition coefficient (Wildman–Crippen LogP) is 1.30. The molecule has 3 rings (SSSR count). The zero-order chi connectivity index (χ0) is 12.4. The molecule has 0 radical (unpaired) electrons. The molecule has 18 heavy (non-hydrogen) atoms. The van der Waals surface area contributed by atoms with Gasteiger partial charge in [-0.2, -0.15) is 0 Å². The Kier molecular flexibility index (Phi) is 3.45. The maximum atomic E-state index is 11.3. The van der Waals surface area contributed by atoms with Crippen LogP contribution in [0.2, 0.25) is 0 Å². The maximum absolute atomic E-state index is 11.3. The molecule has 1 aromatic heterocycles. The number of benzene rings is 1. The van der Waals surface area contributed by atoms with Crippen molar-refractivity contribution in [2.45, 2.75) is 6.42 Å². The molecule has 1 aliphatic rings. The van der Waals surface area contributed by atoms with E-state index in [4.69, 9.17) is 4.42 Å². The van der Waals surface area contributed by atoms with E-state index in [9.17, 15) is 4.79 Å². The summed E-state index contributed by atoms with van der Waals surface area (Å²) in [5.41, 5.74) is 1.92. The number of hydrogen-bond donors (Lipinski definition) is 1. The molecule has 4 nitrogen and oxygen atoms in total. The number of rotatable bonds is 3. The minimum atomic E-state index is -0.209. The molecular weight excluding hydrogens is 248 g/mol. The van der Waals surface area contributed by atoms with Gasteiger partial charge in [-0.1, -0.05) is 23.5 Å². The molecule has 2 aromatic rings. The van der Waals surface area contributed by atoms with E-state index in [0.717, 1.165) is 55.0 Å². The average molecular weight is 264 g/mol. The summed E-state index contributed by atoms with van der Waals surface area (Å²) in [6.45, 7) is 5.36. The van der Waals surface area contributed by atoms with Crippen molar-refractivity contribution >= 4 is 21.6 Å². The summed E-state index contributed by atoms with van der Waals surface area (Å²) in [4.78, 5) is 13.5. The number of nitrogens with one attached hydrogen (secondary N) is 1. The standard InChI is InChI=1S/C13H16N2O2S/c16-13-17-12-10(2-1-3-11(12)18-13)4-7-15-8-5-14-6-9-15/h1-3,14H,4-9H2. The monoisotopic (exact) mass is 264 g/mol. The lowest BCUT2D eigenvalue weighted by Gasteiger charge is -2.27. The molecule has 96 valence electrons. The normalized spacial score (nSPS) is 17.3. The van der Waals surface area contributed by atoms with Crippen LogP contribution in [0.5, 0.6) is 0 Å². The van der Waals surface area contributed by atoms with Crippen LogP contribution in [-0.4, -0.2) is 37.6 Å². The minimum absolute atomic E-state index is 0.209. The van der Waals surface area contributed by atoms with Gasteiger partial charge in [0, 0.05) is 32.7 Å². The van der Waals surface area contributed by atoms with Gasteiger partial charge in [0.1, 0.15) is 0 Å². The molecule has 0 saturated carbocycles. The van der Waals surface area contributed by atoms with Crippen LogP contribution in [0, 0.1) is 0 Å². The SMILES string of the molecule is O=c1oc2c(CCN3CCNCC3)cccc2s1. The number of hydrogen-bond acceptors (Lipinski definition) is 5. The smallest absolute Gasteiger partial charge is 0.396 e. The number of para-hydroxylation sites is 1. The van der Waals surface area contributed by atoms with Crippen molar-refractivity contribution in [3.63, 3.8) is 0 Å². The lowest BCUT2D eigenvalue weighted by atomic mass is 10.1. The fourth-order valence-corrected chi connectivity index (χ4v) is 3.08. The van der Waals surface area contributed by atoms with Gasteiger partial charge >= 0.3 is 4.94 Å². The molecule has 1 aromatic carbocycles.